The minimum atomic E-state index is 0.0798. The van der Waals surface area contributed by atoms with Crippen molar-refractivity contribution < 1.29 is 4.74 Å². The molecule has 0 spiro atoms. The van der Waals surface area contributed by atoms with Gasteiger partial charge in [-0.25, -0.2) is 0 Å². The Morgan fingerprint density at radius 2 is 2.15 bits per heavy atom. The second-order valence-corrected chi connectivity index (χ2v) is 3.21. The third-order valence-electron chi connectivity index (χ3n) is 2.31. The SMILES string of the molecule is CC[C@@H](N)c1c(C)cccc1OC. The van der Waals surface area contributed by atoms with E-state index in [4.69, 9.17) is 10.5 Å². The maximum Gasteiger partial charge on any atom is 0.123 e. The van der Waals surface area contributed by atoms with Gasteiger partial charge in [-0.1, -0.05) is 19.1 Å². The van der Waals surface area contributed by atoms with Gasteiger partial charge in [0.25, 0.3) is 0 Å². The summed E-state index contributed by atoms with van der Waals surface area (Å²) < 4.78 is 5.27. The molecule has 0 bridgehead atoms. The van der Waals surface area contributed by atoms with E-state index in [1.165, 1.54) is 5.56 Å². The number of nitrogens with two attached hydrogens (primary N) is 1. The molecule has 0 radical (unpaired) electrons. The third kappa shape index (κ3) is 2.01. The van der Waals surface area contributed by atoms with Crippen LogP contribution in [-0.4, -0.2) is 7.11 Å². The molecule has 0 saturated carbocycles. The molecule has 13 heavy (non-hydrogen) atoms. The second kappa shape index (κ2) is 4.28. The zero-order valence-electron chi connectivity index (χ0n) is 8.50. The van der Waals surface area contributed by atoms with E-state index in [0.717, 1.165) is 17.7 Å². The van der Waals surface area contributed by atoms with Gasteiger partial charge in [0.1, 0.15) is 5.75 Å². The first-order valence-electron chi connectivity index (χ1n) is 4.59. The average molecular weight is 179 g/mol. The van der Waals surface area contributed by atoms with Crippen LogP contribution in [0.25, 0.3) is 0 Å². The summed E-state index contributed by atoms with van der Waals surface area (Å²) >= 11 is 0. The summed E-state index contributed by atoms with van der Waals surface area (Å²) in [4.78, 5) is 0. The number of hydrogen-bond acceptors (Lipinski definition) is 2. The van der Waals surface area contributed by atoms with Crippen molar-refractivity contribution in [3.05, 3.63) is 29.3 Å². The Balaban J connectivity index is 3.14. The lowest BCUT2D eigenvalue weighted by Crippen LogP contribution is -2.11. The fraction of sp³-hybridized carbons (Fsp3) is 0.455. The van der Waals surface area contributed by atoms with Crippen molar-refractivity contribution >= 4 is 0 Å². The van der Waals surface area contributed by atoms with Crippen LogP contribution in [0.3, 0.4) is 0 Å². The van der Waals surface area contributed by atoms with Crippen LogP contribution in [0.5, 0.6) is 5.75 Å². The van der Waals surface area contributed by atoms with E-state index in [1.807, 2.05) is 12.1 Å². The molecule has 1 rings (SSSR count). The second-order valence-electron chi connectivity index (χ2n) is 3.21. The van der Waals surface area contributed by atoms with Gasteiger partial charge in [-0.3, -0.25) is 0 Å². The quantitative estimate of drug-likeness (QED) is 0.773. The number of hydrogen-bond donors (Lipinski definition) is 1. The molecule has 0 saturated heterocycles. The molecular weight excluding hydrogens is 162 g/mol. The molecule has 0 amide bonds. The molecule has 1 atom stereocenters. The van der Waals surface area contributed by atoms with E-state index in [1.54, 1.807) is 7.11 Å². The minimum Gasteiger partial charge on any atom is -0.496 e. The highest BCUT2D eigenvalue weighted by atomic mass is 16.5. The maximum atomic E-state index is 5.99. The van der Waals surface area contributed by atoms with Crippen LogP contribution < -0.4 is 10.5 Å². The van der Waals surface area contributed by atoms with Gasteiger partial charge in [0.05, 0.1) is 7.11 Å². The van der Waals surface area contributed by atoms with Gasteiger partial charge in [0, 0.05) is 11.6 Å². The monoisotopic (exact) mass is 179 g/mol. The number of benzene rings is 1. The first-order chi connectivity index (χ1) is 6.20. The van der Waals surface area contributed by atoms with E-state index < -0.39 is 0 Å². The smallest absolute Gasteiger partial charge is 0.123 e. The van der Waals surface area contributed by atoms with Crippen LogP contribution in [0.2, 0.25) is 0 Å². The van der Waals surface area contributed by atoms with Gasteiger partial charge in [-0.05, 0) is 25.0 Å². The first kappa shape index (κ1) is 10.1. The van der Waals surface area contributed by atoms with Crippen molar-refractivity contribution in [3.63, 3.8) is 0 Å². The Bertz CT molecular complexity index is 283. The third-order valence-corrected chi connectivity index (χ3v) is 2.31. The van der Waals surface area contributed by atoms with Crippen LogP contribution in [0, 0.1) is 6.92 Å². The van der Waals surface area contributed by atoms with Gasteiger partial charge in [-0.15, -0.1) is 0 Å². The molecule has 2 nitrogen and oxygen atoms in total. The highest BCUT2D eigenvalue weighted by Crippen LogP contribution is 2.28. The molecule has 72 valence electrons. The molecular formula is C11H17NO. The molecule has 0 unspecified atom stereocenters. The van der Waals surface area contributed by atoms with E-state index >= 15 is 0 Å². The summed E-state index contributed by atoms with van der Waals surface area (Å²) in [7, 11) is 1.68. The summed E-state index contributed by atoms with van der Waals surface area (Å²) in [6, 6.07) is 6.08. The zero-order valence-corrected chi connectivity index (χ0v) is 8.50. The number of methoxy groups -OCH3 is 1. The summed E-state index contributed by atoms with van der Waals surface area (Å²) in [5.41, 5.74) is 8.33. The van der Waals surface area contributed by atoms with Crippen LogP contribution in [0.15, 0.2) is 18.2 Å². The summed E-state index contributed by atoms with van der Waals surface area (Å²) in [6.45, 7) is 4.14. The van der Waals surface area contributed by atoms with Gasteiger partial charge in [0.15, 0.2) is 0 Å². The van der Waals surface area contributed by atoms with Crippen molar-refractivity contribution in [2.75, 3.05) is 7.11 Å². The summed E-state index contributed by atoms with van der Waals surface area (Å²) in [5, 5.41) is 0. The molecule has 2 heteroatoms. The molecule has 2 N–H and O–H groups in total. The summed E-state index contributed by atoms with van der Waals surface area (Å²) in [6.07, 6.45) is 0.932. The minimum absolute atomic E-state index is 0.0798. The predicted octanol–water partition coefficient (Wildman–Crippen LogP) is 2.41. The van der Waals surface area contributed by atoms with Crippen LogP contribution in [0.4, 0.5) is 0 Å². The highest BCUT2D eigenvalue weighted by Gasteiger charge is 2.11. The molecule has 1 aromatic rings. The zero-order chi connectivity index (χ0) is 9.84. The van der Waals surface area contributed by atoms with Crippen molar-refractivity contribution in [1.29, 1.82) is 0 Å². The molecule has 0 aliphatic carbocycles. The molecule has 0 heterocycles. The van der Waals surface area contributed by atoms with Gasteiger partial charge in [-0.2, -0.15) is 0 Å². The Morgan fingerprint density at radius 1 is 1.46 bits per heavy atom. The van der Waals surface area contributed by atoms with E-state index in [9.17, 15) is 0 Å². The molecule has 0 fully saturated rings. The highest BCUT2D eigenvalue weighted by molar-refractivity contribution is 5.41. The lowest BCUT2D eigenvalue weighted by Gasteiger charge is -2.16. The number of aryl methyl sites for hydroxylation is 1. The van der Waals surface area contributed by atoms with Crippen molar-refractivity contribution in [1.82, 2.24) is 0 Å². The molecule has 0 aliphatic heterocycles. The molecule has 0 aliphatic rings. The topological polar surface area (TPSA) is 35.2 Å². The number of ether oxygens (including phenoxy) is 1. The Labute approximate surface area is 79.7 Å². The van der Waals surface area contributed by atoms with E-state index in [-0.39, 0.29) is 6.04 Å². The largest absolute Gasteiger partial charge is 0.496 e. The van der Waals surface area contributed by atoms with Gasteiger partial charge >= 0.3 is 0 Å². The Kier molecular flexibility index (Phi) is 3.32. The van der Waals surface area contributed by atoms with Crippen LogP contribution in [-0.2, 0) is 0 Å². The first-order valence-corrected chi connectivity index (χ1v) is 4.59. The molecule has 1 aromatic carbocycles. The molecule has 0 aromatic heterocycles. The lowest BCUT2D eigenvalue weighted by atomic mass is 9.99. The van der Waals surface area contributed by atoms with Gasteiger partial charge < -0.3 is 10.5 Å². The maximum absolute atomic E-state index is 5.99. The lowest BCUT2D eigenvalue weighted by molar-refractivity contribution is 0.404. The number of rotatable bonds is 3. The Hall–Kier alpha value is -1.02. The van der Waals surface area contributed by atoms with Crippen LogP contribution >= 0.6 is 0 Å². The van der Waals surface area contributed by atoms with E-state index in [2.05, 4.69) is 19.9 Å². The van der Waals surface area contributed by atoms with Crippen molar-refractivity contribution in [3.8, 4) is 5.75 Å². The van der Waals surface area contributed by atoms with Gasteiger partial charge in [0.2, 0.25) is 0 Å². The standard InChI is InChI=1S/C11H17NO/c1-4-9(12)11-8(2)6-5-7-10(11)13-3/h5-7,9H,4,12H2,1-3H3/t9-/m1/s1. The summed E-state index contributed by atoms with van der Waals surface area (Å²) in [5.74, 6) is 0.898. The average Bonchev–Trinajstić information content (AvgIpc) is 2.16. The van der Waals surface area contributed by atoms with Crippen molar-refractivity contribution in [2.24, 2.45) is 5.73 Å². The van der Waals surface area contributed by atoms with E-state index in [0.29, 0.717) is 0 Å². The fourth-order valence-electron chi connectivity index (χ4n) is 1.51. The Morgan fingerprint density at radius 3 is 2.69 bits per heavy atom. The van der Waals surface area contributed by atoms with Crippen LogP contribution in [0.1, 0.15) is 30.5 Å². The fourth-order valence-corrected chi connectivity index (χ4v) is 1.51. The predicted molar refractivity (Wildman–Crippen MR) is 55.0 cm³/mol. The normalized spacial score (nSPS) is 12.6. The van der Waals surface area contributed by atoms with Crippen molar-refractivity contribution in [2.45, 2.75) is 26.3 Å².